The zero-order valence-electron chi connectivity index (χ0n) is 19.5. The minimum Gasteiger partial charge on any atom is -0.390 e. The van der Waals surface area contributed by atoms with Crippen LogP contribution < -0.4 is 4.90 Å². The van der Waals surface area contributed by atoms with Crippen molar-refractivity contribution in [3.63, 3.8) is 0 Å². The number of halogens is 1. The van der Waals surface area contributed by atoms with E-state index in [1.54, 1.807) is 0 Å². The van der Waals surface area contributed by atoms with Crippen molar-refractivity contribution in [1.82, 2.24) is 14.8 Å². The molecule has 2 saturated heterocycles. The van der Waals surface area contributed by atoms with E-state index in [9.17, 15) is 5.11 Å². The highest BCUT2D eigenvalue weighted by Crippen LogP contribution is 2.28. The maximum Gasteiger partial charge on any atom is 0.228 e. The number of benzene rings is 1. The van der Waals surface area contributed by atoms with Crippen LogP contribution in [0.5, 0.6) is 0 Å². The molecule has 7 nitrogen and oxygen atoms in total. The molecule has 0 saturated carbocycles. The summed E-state index contributed by atoms with van der Waals surface area (Å²) in [5, 5.41) is 21.1. The van der Waals surface area contributed by atoms with Gasteiger partial charge in [-0.2, -0.15) is 0 Å². The standard InChI is InChI=1S/C24H35ClN4O3S/c1-17-9-11-28(12-10-17)23-26-27-24(29(23)14-22-4-3-13-31-22)33-16-21(30)15-32-18(2)19-5-7-20(25)8-6-19/h5-8,17-18,21-22,30H,3-4,9-16H2,1-2H3. The Morgan fingerprint density at radius 3 is 2.67 bits per heavy atom. The summed E-state index contributed by atoms with van der Waals surface area (Å²) in [5.41, 5.74) is 1.04. The summed E-state index contributed by atoms with van der Waals surface area (Å²) in [7, 11) is 0. The van der Waals surface area contributed by atoms with Gasteiger partial charge in [-0.3, -0.25) is 4.57 Å². The fraction of sp³-hybridized carbons (Fsp3) is 0.667. The van der Waals surface area contributed by atoms with Gasteiger partial charge in [0.1, 0.15) is 0 Å². The van der Waals surface area contributed by atoms with Crippen LogP contribution in [0.15, 0.2) is 29.4 Å². The molecule has 9 heteroatoms. The predicted molar refractivity (Wildman–Crippen MR) is 132 cm³/mol. The number of hydrogen-bond acceptors (Lipinski definition) is 7. The maximum atomic E-state index is 10.6. The third-order valence-electron chi connectivity index (χ3n) is 6.46. The van der Waals surface area contributed by atoms with Crippen molar-refractivity contribution in [1.29, 1.82) is 0 Å². The molecule has 33 heavy (non-hydrogen) atoms. The van der Waals surface area contributed by atoms with Gasteiger partial charge < -0.3 is 19.5 Å². The van der Waals surface area contributed by atoms with E-state index in [1.807, 2.05) is 31.2 Å². The number of thioether (sulfide) groups is 1. The topological polar surface area (TPSA) is 72.6 Å². The van der Waals surface area contributed by atoms with E-state index in [0.717, 1.165) is 61.7 Å². The molecule has 3 heterocycles. The number of nitrogens with zero attached hydrogens (tertiary/aromatic N) is 4. The molecule has 1 aromatic carbocycles. The lowest BCUT2D eigenvalue weighted by atomic mass is 10.00. The number of aliphatic hydroxyl groups excluding tert-OH is 1. The molecule has 0 radical (unpaired) electrons. The molecule has 2 aromatic rings. The van der Waals surface area contributed by atoms with E-state index < -0.39 is 6.10 Å². The quantitative estimate of drug-likeness (QED) is 0.485. The Labute approximate surface area is 205 Å². The summed E-state index contributed by atoms with van der Waals surface area (Å²) in [6.07, 6.45) is 4.02. The van der Waals surface area contributed by atoms with Gasteiger partial charge in [-0.05, 0) is 56.2 Å². The van der Waals surface area contributed by atoms with Crippen LogP contribution in [0.25, 0.3) is 0 Å². The van der Waals surface area contributed by atoms with E-state index in [4.69, 9.17) is 21.1 Å². The van der Waals surface area contributed by atoms with E-state index in [1.165, 1.54) is 24.6 Å². The molecule has 3 unspecified atom stereocenters. The summed E-state index contributed by atoms with van der Waals surface area (Å²) < 4.78 is 14.0. The van der Waals surface area contributed by atoms with Crippen LogP contribution in [0.4, 0.5) is 5.95 Å². The molecule has 1 N–H and O–H groups in total. The molecule has 2 aliphatic rings. The first kappa shape index (κ1) is 24.8. The molecular weight excluding hydrogens is 460 g/mol. The smallest absolute Gasteiger partial charge is 0.228 e. The number of aromatic nitrogens is 3. The van der Waals surface area contributed by atoms with E-state index >= 15 is 0 Å². The van der Waals surface area contributed by atoms with Gasteiger partial charge in [0.15, 0.2) is 5.16 Å². The second kappa shape index (κ2) is 11.9. The first-order valence-corrected chi connectivity index (χ1v) is 13.3. The Hall–Kier alpha value is -1.32. The second-order valence-corrected chi connectivity index (χ2v) is 10.6. The zero-order valence-corrected chi connectivity index (χ0v) is 21.1. The molecule has 4 rings (SSSR count). The Morgan fingerprint density at radius 2 is 1.97 bits per heavy atom. The fourth-order valence-corrected chi connectivity index (χ4v) is 5.26. The average Bonchev–Trinajstić information content (AvgIpc) is 3.47. The van der Waals surface area contributed by atoms with Gasteiger partial charge in [0.25, 0.3) is 0 Å². The highest BCUT2D eigenvalue weighted by molar-refractivity contribution is 7.99. The van der Waals surface area contributed by atoms with E-state index in [-0.39, 0.29) is 18.8 Å². The zero-order chi connectivity index (χ0) is 23.2. The lowest BCUT2D eigenvalue weighted by molar-refractivity contribution is 0.00620. The van der Waals surface area contributed by atoms with Gasteiger partial charge in [-0.25, -0.2) is 0 Å². The average molecular weight is 495 g/mol. The number of piperidine rings is 1. The summed E-state index contributed by atoms with van der Waals surface area (Å²) in [6, 6.07) is 7.60. The van der Waals surface area contributed by atoms with Crippen molar-refractivity contribution in [2.75, 3.05) is 37.0 Å². The highest BCUT2D eigenvalue weighted by atomic mass is 35.5. The number of aliphatic hydroxyl groups is 1. The monoisotopic (exact) mass is 494 g/mol. The third kappa shape index (κ3) is 6.85. The summed E-state index contributed by atoms with van der Waals surface area (Å²) in [4.78, 5) is 2.35. The van der Waals surface area contributed by atoms with Crippen LogP contribution in [0.1, 0.15) is 51.2 Å². The minimum atomic E-state index is -0.600. The summed E-state index contributed by atoms with van der Waals surface area (Å²) in [5.74, 6) is 2.19. The van der Waals surface area contributed by atoms with Crippen molar-refractivity contribution in [3.8, 4) is 0 Å². The summed E-state index contributed by atoms with van der Waals surface area (Å²) in [6.45, 7) is 8.15. The Kier molecular flexibility index (Phi) is 8.93. The molecular formula is C24H35ClN4O3S. The van der Waals surface area contributed by atoms with Crippen LogP contribution in [-0.4, -0.2) is 64.1 Å². The normalized spacial score (nSPS) is 21.5. The molecule has 182 valence electrons. The molecule has 2 fully saturated rings. The number of anilines is 1. The Balaban J connectivity index is 1.34. The number of hydrogen-bond donors (Lipinski definition) is 1. The Bertz CT molecular complexity index is 867. The van der Waals surface area contributed by atoms with Crippen LogP contribution in [0.3, 0.4) is 0 Å². The molecule has 1 aromatic heterocycles. The number of rotatable bonds is 10. The van der Waals surface area contributed by atoms with Crippen molar-refractivity contribution in [3.05, 3.63) is 34.9 Å². The van der Waals surface area contributed by atoms with Crippen LogP contribution >= 0.6 is 23.4 Å². The lowest BCUT2D eigenvalue weighted by Crippen LogP contribution is -2.35. The van der Waals surface area contributed by atoms with E-state index in [2.05, 4.69) is 26.6 Å². The van der Waals surface area contributed by atoms with Gasteiger partial charge in [0, 0.05) is 30.5 Å². The highest BCUT2D eigenvalue weighted by Gasteiger charge is 2.26. The minimum absolute atomic E-state index is 0.113. The first-order valence-electron chi connectivity index (χ1n) is 12.0. The molecule has 0 spiro atoms. The van der Waals surface area contributed by atoms with Crippen molar-refractivity contribution in [2.24, 2.45) is 5.92 Å². The molecule has 0 bridgehead atoms. The lowest BCUT2D eigenvalue weighted by Gasteiger charge is -2.31. The molecule has 3 atom stereocenters. The SMILES string of the molecule is CC1CCN(c2nnc(SCC(O)COC(C)c3ccc(Cl)cc3)n2CC2CCCO2)CC1. The van der Waals surface area contributed by atoms with E-state index in [0.29, 0.717) is 10.8 Å². The molecule has 2 aliphatic heterocycles. The third-order valence-corrected chi connectivity index (χ3v) is 7.82. The maximum absolute atomic E-state index is 10.6. The first-order chi connectivity index (χ1) is 16.0. The van der Waals surface area contributed by atoms with Gasteiger partial charge in [-0.15, -0.1) is 10.2 Å². The van der Waals surface area contributed by atoms with Gasteiger partial charge in [-0.1, -0.05) is 42.4 Å². The van der Waals surface area contributed by atoms with Gasteiger partial charge in [0.05, 0.1) is 31.5 Å². The van der Waals surface area contributed by atoms with Gasteiger partial charge >= 0.3 is 0 Å². The van der Waals surface area contributed by atoms with Crippen molar-refractivity contribution < 1.29 is 14.6 Å². The van der Waals surface area contributed by atoms with Gasteiger partial charge in [0.2, 0.25) is 5.95 Å². The molecule has 0 aliphatic carbocycles. The van der Waals surface area contributed by atoms with Crippen LogP contribution in [0, 0.1) is 5.92 Å². The van der Waals surface area contributed by atoms with Crippen LogP contribution in [0.2, 0.25) is 5.02 Å². The van der Waals surface area contributed by atoms with Crippen molar-refractivity contribution in [2.45, 2.75) is 69.5 Å². The second-order valence-electron chi connectivity index (χ2n) is 9.19. The predicted octanol–water partition coefficient (Wildman–Crippen LogP) is 4.58. The Morgan fingerprint density at radius 1 is 1.21 bits per heavy atom. The number of ether oxygens (including phenoxy) is 2. The summed E-state index contributed by atoms with van der Waals surface area (Å²) >= 11 is 7.49. The van der Waals surface area contributed by atoms with Crippen molar-refractivity contribution >= 4 is 29.3 Å². The van der Waals surface area contributed by atoms with Crippen LogP contribution in [-0.2, 0) is 16.0 Å². The molecule has 0 amide bonds. The largest absolute Gasteiger partial charge is 0.390 e. The fourth-order valence-electron chi connectivity index (χ4n) is 4.29.